The fourth-order valence-electron chi connectivity index (χ4n) is 3.72. The first-order chi connectivity index (χ1) is 15.3. The Morgan fingerprint density at radius 3 is 2.25 bits per heavy atom. The molecule has 0 radical (unpaired) electrons. The van der Waals surface area contributed by atoms with Crippen molar-refractivity contribution >= 4 is 27.7 Å². The van der Waals surface area contributed by atoms with Crippen LogP contribution < -0.4 is 10.5 Å². The second-order valence-electron chi connectivity index (χ2n) is 7.17. The van der Waals surface area contributed by atoms with Crippen LogP contribution in [0.2, 0.25) is 5.02 Å². The van der Waals surface area contributed by atoms with Gasteiger partial charge >= 0.3 is 6.09 Å². The number of halogens is 1. The third-order valence-electron chi connectivity index (χ3n) is 5.14. The minimum absolute atomic E-state index is 0.0104. The molecule has 0 heterocycles. The normalized spacial score (nSPS) is 12.3. The fraction of sp³-hybridized carbons (Fsp3) is 0.125. The van der Waals surface area contributed by atoms with Gasteiger partial charge in [0.15, 0.2) is 0 Å². The molecule has 8 heteroatoms. The maximum Gasteiger partial charge on any atom is 0.407 e. The zero-order chi connectivity index (χ0) is 22.7. The summed E-state index contributed by atoms with van der Waals surface area (Å²) in [6.07, 6.45) is -0.566. The van der Waals surface area contributed by atoms with Gasteiger partial charge in [0.1, 0.15) is 11.5 Å². The number of hydrogen-bond acceptors (Lipinski definition) is 4. The van der Waals surface area contributed by atoms with E-state index in [0.717, 1.165) is 22.3 Å². The van der Waals surface area contributed by atoms with E-state index in [-0.39, 0.29) is 29.0 Å². The van der Waals surface area contributed by atoms with Gasteiger partial charge in [0.2, 0.25) is 10.0 Å². The molecule has 4 rings (SSSR count). The number of amides is 1. The van der Waals surface area contributed by atoms with Crippen molar-refractivity contribution in [2.24, 2.45) is 5.14 Å². The van der Waals surface area contributed by atoms with E-state index in [1.807, 2.05) is 24.3 Å². The second kappa shape index (κ2) is 9.05. The molecule has 0 atom stereocenters. The number of fused-ring (bicyclic) bond motifs is 3. The molecule has 0 saturated carbocycles. The first-order valence-electron chi connectivity index (χ1n) is 9.74. The standard InChI is InChI=1S/C24H19ClN2O4S/c25-22-14-16(11-12-23(22)32(26,29)30)6-5-13-27-24(28)31-15-21-19-9-3-1-7-17(19)18-8-2-4-10-20(18)21/h1-4,7-12,14,21H,13,15H2,(H,27,28)(H2,26,29,30). The molecule has 3 aromatic rings. The van der Waals surface area contributed by atoms with Gasteiger partial charge in [0.25, 0.3) is 0 Å². The fourth-order valence-corrected chi connectivity index (χ4v) is 4.81. The maximum absolute atomic E-state index is 12.1. The van der Waals surface area contributed by atoms with Crippen LogP contribution in [0.25, 0.3) is 11.1 Å². The van der Waals surface area contributed by atoms with Gasteiger partial charge in [-0.25, -0.2) is 18.4 Å². The van der Waals surface area contributed by atoms with Gasteiger partial charge in [0.05, 0.1) is 11.6 Å². The lowest BCUT2D eigenvalue weighted by Crippen LogP contribution is -2.26. The summed E-state index contributed by atoms with van der Waals surface area (Å²) in [4.78, 5) is 12.0. The molecule has 1 aliphatic rings. The summed E-state index contributed by atoms with van der Waals surface area (Å²) in [6, 6.07) is 20.4. The summed E-state index contributed by atoms with van der Waals surface area (Å²) >= 11 is 5.94. The summed E-state index contributed by atoms with van der Waals surface area (Å²) in [6.45, 7) is 0.281. The molecule has 0 spiro atoms. The summed E-state index contributed by atoms with van der Waals surface area (Å²) in [5.41, 5.74) is 5.10. The zero-order valence-electron chi connectivity index (χ0n) is 16.8. The third-order valence-corrected chi connectivity index (χ3v) is 6.53. The summed E-state index contributed by atoms with van der Waals surface area (Å²) in [7, 11) is -3.89. The van der Waals surface area contributed by atoms with Crippen LogP contribution in [0.4, 0.5) is 4.79 Å². The third kappa shape index (κ3) is 4.63. The van der Waals surface area contributed by atoms with Crippen molar-refractivity contribution < 1.29 is 17.9 Å². The van der Waals surface area contributed by atoms with Crippen LogP contribution in [0.15, 0.2) is 71.6 Å². The first kappa shape index (κ1) is 21.9. The number of rotatable bonds is 4. The lowest BCUT2D eigenvalue weighted by molar-refractivity contribution is 0.144. The number of alkyl carbamates (subject to hydrolysis) is 1. The number of carbonyl (C=O) groups is 1. The Kier molecular flexibility index (Phi) is 6.19. The highest BCUT2D eigenvalue weighted by Gasteiger charge is 2.28. The van der Waals surface area contributed by atoms with Gasteiger partial charge in [-0.2, -0.15) is 0 Å². The maximum atomic E-state index is 12.1. The van der Waals surface area contributed by atoms with Gasteiger partial charge in [0, 0.05) is 11.5 Å². The highest BCUT2D eigenvalue weighted by Crippen LogP contribution is 2.44. The predicted octanol–water partition coefficient (Wildman–Crippen LogP) is 3.88. The van der Waals surface area contributed by atoms with E-state index in [0.29, 0.717) is 5.56 Å². The SMILES string of the molecule is NS(=O)(=O)c1ccc(C#CCNC(=O)OCC2c3ccccc3-c3ccccc32)cc1Cl. The Morgan fingerprint density at radius 2 is 1.66 bits per heavy atom. The van der Waals surface area contributed by atoms with Crippen LogP contribution in [0.5, 0.6) is 0 Å². The first-order valence-corrected chi connectivity index (χ1v) is 11.7. The van der Waals surface area contributed by atoms with E-state index < -0.39 is 16.1 Å². The molecule has 0 unspecified atom stereocenters. The molecule has 6 nitrogen and oxygen atoms in total. The van der Waals surface area contributed by atoms with Gasteiger partial charge < -0.3 is 10.1 Å². The summed E-state index contributed by atoms with van der Waals surface area (Å²) in [5.74, 6) is 5.56. The number of sulfonamides is 1. The topological polar surface area (TPSA) is 98.5 Å². The minimum Gasteiger partial charge on any atom is -0.449 e. The number of carbonyl (C=O) groups excluding carboxylic acids is 1. The van der Waals surface area contributed by atoms with E-state index in [1.54, 1.807) is 0 Å². The minimum atomic E-state index is -3.89. The lowest BCUT2D eigenvalue weighted by Gasteiger charge is -2.14. The summed E-state index contributed by atoms with van der Waals surface area (Å²) < 4.78 is 28.2. The molecule has 0 fully saturated rings. The number of ether oxygens (including phenoxy) is 1. The predicted molar refractivity (Wildman–Crippen MR) is 123 cm³/mol. The number of hydrogen-bond donors (Lipinski definition) is 2. The average molecular weight is 467 g/mol. The number of benzene rings is 3. The molecule has 3 N–H and O–H groups in total. The molecular formula is C24H19ClN2O4S. The highest BCUT2D eigenvalue weighted by atomic mass is 35.5. The molecule has 0 bridgehead atoms. The number of primary sulfonamides is 1. The van der Waals surface area contributed by atoms with Crippen LogP contribution >= 0.6 is 11.6 Å². The quantitative estimate of drug-likeness (QED) is 0.570. The van der Waals surface area contributed by atoms with E-state index in [9.17, 15) is 13.2 Å². The van der Waals surface area contributed by atoms with Gasteiger partial charge in [-0.3, -0.25) is 0 Å². The van der Waals surface area contributed by atoms with Crippen molar-refractivity contribution in [2.75, 3.05) is 13.2 Å². The van der Waals surface area contributed by atoms with Crippen LogP contribution in [0.3, 0.4) is 0 Å². The van der Waals surface area contributed by atoms with Crippen LogP contribution in [0, 0.1) is 11.8 Å². The molecule has 0 aliphatic heterocycles. The Hall–Kier alpha value is -3.31. The van der Waals surface area contributed by atoms with Crippen LogP contribution in [0.1, 0.15) is 22.6 Å². The van der Waals surface area contributed by atoms with Crippen molar-refractivity contribution in [3.63, 3.8) is 0 Å². The molecular weight excluding hydrogens is 448 g/mol. The molecule has 32 heavy (non-hydrogen) atoms. The molecule has 0 saturated heterocycles. The van der Waals surface area contributed by atoms with Gasteiger partial charge in [-0.15, -0.1) is 0 Å². The van der Waals surface area contributed by atoms with Crippen molar-refractivity contribution in [2.45, 2.75) is 10.8 Å². The van der Waals surface area contributed by atoms with Crippen molar-refractivity contribution in [3.05, 3.63) is 88.4 Å². The van der Waals surface area contributed by atoms with Crippen LogP contribution in [-0.4, -0.2) is 27.7 Å². The zero-order valence-corrected chi connectivity index (χ0v) is 18.4. The highest BCUT2D eigenvalue weighted by molar-refractivity contribution is 7.89. The number of nitrogens with one attached hydrogen (secondary N) is 1. The van der Waals surface area contributed by atoms with Crippen molar-refractivity contribution in [3.8, 4) is 23.0 Å². The molecule has 162 valence electrons. The molecule has 0 aromatic heterocycles. The van der Waals surface area contributed by atoms with Crippen LogP contribution in [-0.2, 0) is 14.8 Å². The molecule has 1 amide bonds. The van der Waals surface area contributed by atoms with E-state index in [1.165, 1.54) is 18.2 Å². The Morgan fingerprint density at radius 1 is 1.03 bits per heavy atom. The largest absolute Gasteiger partial charge is 0.449 e. The number of nitrogens with two attached hydrogens (primary N) is 1. The van der Waals surface area contributed by atoms with E-state index >= 15 is 0 Å². The lowest BCUT2D eigenvalue weighted by atomic mass is 9.98. The van der Waals surface area contributed by atoms with Crippen molar-refractivity contribution in [1.29, 1.82) is 0 Å². The van der Waals surface area contributed by atoms with Gasteiger partial charge in [-0.1, -0.05) is 72.0 Å². The molecule has 1 aliphatic carbocycles. The summed E-state index contributed by atoms with van der Waals surface area (Å²) in [5, 5.41) is 7.66. The Bertz CT molecular complexity index is 1310. The monoisotopic (exact) mass is 466 g/mol. The molecule has 3 aromatic carbocycles. The van der Waals surface area contributed by atoms with E-state index in [2.05, 4.69) is 41.4 Å². The smallest absolute Gasteiger partial charge is 0.407 e. The Balaban J connectivity index is 1.34. The van der Waals surface area contributed by atoms with Crippen molar-refractivity contribution in [1.82, 2.24) is 5.32 Å². The Labute approximate surface area is 191 Å². The van der Waals surface area contributed by atoms with Gasteiger partial charge in [-0.05, 0) is 40.5 Å². The second-order valence-corrected chi connectivity index (χ2v) is 9.11. The van der Waals surface area contributed by atoms with E-state index in [4.69, 9.17) is 21.5 Å². The average Bonchev–Trinajstić information content (AvgIpc) is 3.08.